The molecular formula is C9H18O2. The van der Waals surface area contributed by atoms with E-state index in [4.69, 9.17) is 0 Å². The van der Waals surface area contributed by atoms with E-state index in [0.717, 1.165) is 12.7 Å². The number of rotatable bonds is 6. The molecule has 2 nitrogen and oxygen atoms in total. The maximum absolute atomic E-state index is 9.81. The van der Waals surface area contributed by atoms with Gasteiger partial charge in [-0.2, -0.15) is 0 Å². The van der Waals surface area contributed by atoms with Gasteiger partial charge in [0.1, 0.15) is 6.29 Å². The van der Waals surface area contributed by atoms with Crippen molar-refractivity contribution < 1.29 is 10.3 Å². The molecule has 0 saturated carbocycles. The van der Waals surface area contributed by atoms with Crippen LogP contribution in [0.25, 0.3) is 0 Å². The molecule has 2 heteroatoms. The summed E-state index contributed by atoms with van der Waals surface area (Å²) in [7, 11) is 0. The molecule has 0 heterocycles. The molecule has 0 aliphatic carbocycles. The molecule has 0 fully saturated rings. The van der Waals surface area contributed by atoms with Crippen molar-refractivity contribution in [3.05, 3.63) is 12.2 Å². The lowest BCUT2D eigenvalue weighted by Crippen LogP contribution is -1.73. The molecule has 0 spiro atoms. The molecule has 0 aromatic carbocycles. The second kappa shape index (κ2) is 12.1. The predicted molar refractivity (Wildman–Crippen MR) is 47.6 cm³/mol. The molecule has 0 rings (SSSR count). The third-order valence-electron chi connectivity index (χ3n) is 1.44. The van der Waals surface area contributed by atoms with Gasteiger partial charge in [0, 0.05) is 0 Å². The zero-order valence-electron chi connectivity index (χ0n) is 7.18. The highest BCUT2D eigenvalue weighted by Gasteiger charge is 1.82. The molecule has 0 amide bonds. The topological polar surface area (TPSA) is 48.6 Å². The summed E-state index contributed by atoms with van der Waals surface area (Å²) in [5.74, 6) is 0. The molecule has 0 aliphatic rings. The Morgan fingerprint density at radius 3 is 2.45 bits per heavy atom. The van der Waals surface area contributed by atoms with E-state index in [1.807, 2.05) is 6.08 Å². The van der Waals surface area contributed by atoms with Crippen LogP contribution in [0.4, 0.5) is 0 Å². The minimum atomic E-state index is 0. The second-order valence-corrected chi connectivity index (χ2v) is 2.41. The molecule has 0 saturated heterocycles. The van der Waals surface area contributed by atoms with Crippen LogP contribution in [0.5, 0.6) is 0 Å². The summed E-state index contributed by atoms with van der Waals surface area (Å²) in [6, 6.07) is 0. The number of carbonyl (C=O) groups is 1. The normalized spacial score (nSPS) is 9.55. The SMILES string of the molecule is CCCCCCC=CC=O.O. The van der Waals surface area contributed by atoms with Gasteiger partial charge in [0.15, 0.2) is 0 Å². The van der Waals surface area contributed by atoms with Crippen molar-refractivity contribution in [3.8, 4) is 0 Å². The average molecular weight is 158 g/mol. The molecule has 0 aromatic rings. The molecule has 0 unspecified atom stereocenters. The van der Waals surface area contributed by atoms with E-state index < -0.39 is 0 Å². The summed E-state index contributed by atoms with van der Waals surface area (Å²) in [5.41, 5.74) is 0. The van der Waals surface area contributed by atoms with Crippen LogP contribution in [0.1, 0.15) is 39.0 Å². The van der Waals surface area contributed by atoms with E-state index in [1.165, 1.54) is 25.7 Å². The summed E-state index contributed by atoms with van der Waals surface area (Å²) in [6.45, 7) is 2.20. The second-order valence-electron chi connectivity index (χ2n) is 2.41. The molecular weight excluding hydrogens is 140 g/mol. The first-order valence-corrected chi connectivity index (χ1v) is 4.02. The number of allylic oxidation sites excluding steroid dienone is 2. The van der Waals surface area contributed by atoms with Gasteiger partial charge in [-0.05, 0) is 18.9 Å². The Morgan fingerprint density at radius 1 is 1.18 bits per heavy atom. The molecule has 0 radical (unpaired) electrons. The minimum absolute atomic E-state index is 0. The average Bonchev–Trinajstić information content (AvgIpc) is 1.97. The third-order valence-corrected chi connectivity index (χ3v) is 1.44. The largest absolute Gasteiger partial charge is 0.412 e. The van der Waals surface area contributed by atoms with Crippen LogP contribution in [-0.2, 0) is 4.79 Å². The lowest BCUT2D eigenvalue weighted by atomic mass is 10.1. The highest BCUT2D eigenvalue weighted by Crippen LogP contribution is 2.02. The first-order chi connectivity index (χ1) is 4.91. The summed E-state index contributed by atoms with van der Waals surface area (Å²) in [6.07, 6.45) is 10.5. The molecule has 11 heavy (non-hydrogen) atoms. The minimum Gasteiger partial charge on any atom is -0.412 e. The van der Waals surface area contributed by atoms with Crippen molar-refractivity contribution in [2.45, 2.75) is 39.0 Å². The monoisotopic (exact) mass is 158 g/mol. The van der Waals surface area contributed by atoms with Gasteiger partial charge in [-0.15, -0.1) is 0 Å². The number of hydrogen-bond acceptors (Lipinski definition) is 1. The molecule has 0 aromatic heterocycles. The number of hydrogen-bond donors (Lipinski definition) is 0. The maximum Gasteiger partial charge on any atom is 0.142 e. The van der Waals surface area contributed by atoms with E-state index in [2.05, 4.69) is 6.92 Å². The summed E-state index contributed by atoms with van der Waals surface area (Å²) in [5, 5.41) is 0. The molecule has 66 valence electrons. The van der Waals surface area contributed by atoms with Gasteiger partial charge >= 0.3 is 0 Å². The smallest absolute Gasteiger partial charge is 0.142 e. The zero-order valence-corrected chi connectivity index (χ0v) is 7.18. The van der Waals surface area contributed by atoms with Crippen LogP contribution in [0.3, 0.4) is 0 Å². The maximum atomic E-state index is 9.81. The Bertz CT molecular complexity index is 97.7. The van der Waals surface area contributed by atoms with E-state index in [9.17, 15) is 4.79 Å². The van der Waals surface area contributed by atoms with Gasteiger partial charge < -0.3 is 5.48 Å². The van der Waals surface area contributed by atoms with Crippen molar-refractivity contribution in [3.63, 3.8) is 0 Å². The lowest BCUT2D eigenvalue weighted by Gasteiger charge is -1.92. The van der Waals surface area contributed by atoms with Crippen LogP contribution in [0, 0.1) is 0 Å². The fourth-order valence-electron chi connectivity index (χ4n) is 0.841. The Balaban J connectivity index is 0. The zero-order chi connectivity index (χ0) is 7.66. The van der Waals surface area contributed by atoms with Crippen molar-refractivity contribution in [1.29, 1.82) is 0 Å². The summed E-state index contributed by atoms with van der Waals surface area (Å²) >= 11 is 0. The Morgan fingerprint density at radius 2 is 1.91 bits per heavy atom. The van der Waals surface area contributed by atoms with E-state index >= 15 is 0 Å². The van der Waals surface area contributed by atoms with E-state index in [-0.39, 0.29) is 5.48 Å². The molecule has 0 bridgehead atoms. The van der Waals surface area contributed by atoms with Crippen molar-refractivity contribution in [2.75, 3.05) is 0 Å². The highest BCUT2D eigenvalue weighted by atomic mass is 16.1. The van der Waals surface area contributed by atoms with Crippen LogP contribution in [0.2, 0.25) is 0 Å². The number of aldehydes is 1. The fraction of sp³-hybridized carbons (Fsp3) is 0.667. The lowest BCUT2D eigenvalue weighted by molar-refractivity contribution is -0.104. The Kier molecular flexibility index (Phi) is 14.3. The highest BCUT2D eigenvalue weighted by molar-refractivity contribution is 5.64. The fourth-order valence-corrected chi connectivity index (χ4v) is 0.841. The van der Waals surface area contributed by atoms with Crippen LogP contribution in [0.15, 0.2) is 12.2 Å². The molecule has 0 aliphatic heterocycles. The van der Waals surface area contributed by atoms with Crippen LogP contribution in [-0.4, -0.2) is 11.8 Å². The van der Waals surface area contributed by atoms with Gasteiger partial charge in [0.05, 0.1) is 0 Å². The van der Waals surface area contributed by atoms with E-state index in [0.29, 0.717) is 0 Å². The third kappa shape index (κ3) is 12.5. The Labute approximate surface area is 68.6 Å². The molecule has 0 atom stereocenters. The number of carbonyl (C=O) groups excluding carboxylic acids is 1. The first kappa shape index (κ1) is 13.0. The molecule has 2 N–H and O–H groups in total. The van der Waals surface area contributed by atoms with Crippen molar-refractivity contribution >= 4 is 6.29 Å². The summed E-state index contributed by atoms with van der Waals surface area (Å²) < 4.78 is 0. The van der Waals surface area contributed by atoms with Gasteiger partial charge in [-0.1, -0.05) is 32.3 Å². The summed E-state index contributed by atoms with van der Waals surface area (Å²) in [4.78, 5) is 9.81. The first-order valence-electron chi connectivity index (χ1n) is 4.02. The van der Waals surface area contributed by atoms with Crippen LogP contribution >= 0.6 is 0 Å². The predicted octanol–water partition coefficient (Wildman–Crippen LogP) is 1.89. The Hall–Kier alpha value is -0.630. The van der Waals surface area contributed by atoms with Gasteiger partial charge in [0.2, 0.25) is 0 Å². The van der Waals surface area contributed by atoms with Gasteiger partial charge in [-0.3, -0.25) is 4.79 Å². The van der Waals surface area contributed by atoms with Crippen molar-refractivity contribution in [1.82, 2.24) is 0 Å². The van der Waals surface area contributed by atoms with Gasteiger partial charge in [-0.25, -0.2) is 0 Å². The van der Waals surface area contributed by atoms with E-state index in [1.54, 1.807) is 6.08 Å². The standard InChI is InChI=1S/C9H16O.H2O/c1-2-3-4-5-6-7-8-9-10;/h7-9H,2-6H2,1H3;1H2. The number of unbranched alkanes of at least 4 members (excludes halogenated alkanes) is 4. The quantitative estimate of drug-likeness (QED) is 0.331. The van der Waals surface area contributed by atoms with Crippen molar-refractivity contribution in [2.24, 2.45) is 0 Å². The van der Waals surface area contributed by atoms with Gasteiger partial charge in [0.25, 0.3) is 0 Å². The van der Waals surface area contributed by atoms with Crippen LogP contribution < -0.4 is 0 Å².